The zero-order valence-electron chi connectivity index (χ0n) is 18.1. The first-order chi connectivity index (χ1) is 15.8. The number of hydrogen-bond acceptors (Lipinski definition) is 6. The summed E-state index contributed by atoms with van der Waals surface area (Å²) in [7, 11) is -3.68. The van der Waals surface area contributed by atoms with Crippen molar-refractivity contribution in [1.29, 1.82) is 0 Å². The number of ether oxygens (including phenoxy) is 1. The van der Waals surface area contributed by atoms with E-state index in [-0.39, 0.29) is 40.7 Å². The predicted molar refractivity (Wildman–Crippen MR) is 121 cm³/mol. The maximum Gasteiger partial charge on any atom is 0.257 e. The van der Waals surface area contributed by atoms with Crippen molar-refractivity contribution in [3.63, 3.8) is 0 Å². The number of piperazine rings is 1. The largest absolute Gasteiger partial charge is 0.507 e. The van der Waals surface area contributed by atoms with Crippen LogP contribution in [0.2, 0.25) is 0 Å². The van der Waals surface area contributed by atoms with Crippen molar-refractivity contribution < 1.29 is 27.9 Å². The lowest BCUT2D eigenvalue weighted by Gasteiger charge is -2.35. The quantitative estimate of drug-likeness (QED) is 0.656. The molecule has 176 valence electrons. The van der Waals surface area contributed by atoms with Gasteiger partial charge >= 0.3 is 0 Å². The van der Waals surface area contributed by atoms with E-state index in [9.17, 15) is 23.1 Å². The minimum atomic E-state index is -3.68. The average molecular weight is 474 g/mol. The monoisotopic (exact) mass is 473 g/mol. The number of carbonyl (C=O) groups excluding carboxylic acids is 2. The van der Waals surface area contributed by atoms with E-state index in [4.69, 9.17) is 4.74 Å². The molecule has 2 amide bonds. The normalized spacial score (nSPS) is 19.0. The van der Waals surface area contributed by atoms with E-state index in [2.05, 4.69) is 4.72 Å². The van der Waals surface area contributed by atoms with Gasteiger partial charge in [-0.05, 0) is 49.2 Å². The molecule has 1 atom stereocenters. The van der Waals surface area contributed by atoms with Crippen LogP contribution in [-0.4, -0.2) is 80.6 Å². The summed E-state index contributed by atoms with van der Waals surface area (Å²) in [5, 5.41) is 9.90. The molecule has 2 saturated heterocycles. The van der Waals surface area contributed by atoms with E-state index in [1.807, 2.05) is 0 Å². The number of sulfonamides is 1. The van der Waals surface area contributed by atoms with Crippen molar-refractivity contribution in [2.24, 2.45) is 0 Å². The van der Waals surface area contributed by atoms with Crippen LogP contribution < -0.4 is 4.72 Å². The number of amides is 2. The minimum Gasteiger partial charge on any atom is -0.507 e. The minimum absolute atomic E-state index is 0.0682. The van der Waals surface area contributed by atoms with Crippen LogP contribution in [-0.2, 0) is 14.8 Å². The van der Waals surface area contributed by atoms with Crippen molar-refractivity contribution in [3.05, 3.63) is 59.7 Å². The Labute approximate surface area is 193 Å². The molecule has 0 saturated carbocycles. The van der Waals surface area contributed by atoms with Crippen molar-refractivity contribution in [2.45, 2.75) is 23.8 Å². The Morgan fingerprint density at radius 2 is 1.61 bits per heavy atom. The lowest BCUT2D eigenvalue weighted by atomic mass is 10.1. The molecule has 2 aromatic rings. The SMILES string of the molecule is O=C(c1ccc(S(=O)(=O)NCC2CCCO2)cc1)N1CCN(C(=O)c2ccccc2O)CC1. The third kappa shape index (κ3) is 5.35. The fraction of sp³-hybridized carbons (Fsp3) is 0.391. The molecule has 2 heterocycles. The fourth-order valence-electron chi connectivity index (χ4n) is 3.99. The van der Waals surface area contributed by atoms with Crippen LogP contribution in [0.4, 0.5) is 0 Å². The molecule has 0 bridgehead atoms. The van der Waals surface area contributed by atoms with Crippen LogP contribution in [0.3, 0.4) is 0 Å². The molecule has 2 aliphatic heterocycles. The summed E-state index contributed by atoms with van der Waals surface area (Å²) < 4.78 is 33.0. The number of nitrogens with one attached hydrogen (secondary N) is 1. The zero-order chi connectivity index (χ0) is 23.4. The standard InChI is InChI=1S/C23H27N3O6S/c27-21-6-2-1-5-20(21)23(29)26-13-11-25(12-14-26)22(28)17-7-9-19(10-8-17)33(30,31)24-16-18-4-3-15-32-18/h1-2,5-10,18,24,27H,3-4,11-16H2. The van der Waals surface area contributed by atoms with Crippen LogP contribution in [0.25, 0.3) is 0 Å². The molecule has 0 spiro atoms. The highest BCUT2D eigenvalue weighted by Gasteiger charge is 2.27. The van der Waals surface area contributed by atoms with Gasteiger partial charge in [0.05, 0.1) is 16.6 Å². The van der Waals surface area contributed by atoms with E-state index in [0.29, 0.717) is 38.3 Å². The van der Waals surface area contributed by atoms with Crippen LogP contribution in [0, 0.1) is 0 Å². The molecule has 0 aromatic heterocycles. The number of carbonyl (C=O) groups is 2. The highest BCUT2D eigenvalue weighted by atomic mass is 32.2. The van der Waals surface area contributed by atoms with Crippen LogP contribution >= 0.6 is 0 Å². The number of aromatic hydroxyl groups is 1. The van der Waals surface area contributed by atoms with Gasteiger partial charge in [-0.3, -0.25) is 9.59 Å². The maximum atomic E-state index is 12.9. The second-order valence-electron chi connectivity index (χ2n) is 8.11. The van der Waals surface area contributed by atoms with Gasteiger partial charge < -0.3 is 19.6 Å². The third-order valence-corrected chi connectivity index (χ3v) is 7.36. The Kier molecular flexibility index (Phi) is 6.96. The molecule has 10 heteroatoms. The van der Waals surface area contributed by atoms with Gasteiger partial charge in [-0.2, -0.15) is 0 Å². The molecule has 9 nitrogen and oxygen atoms in total. The Morgan fingerprint density at radius 3 is 2.21 bits per heavy atom. The van der Waals surface area contributed by atoms with Gasteiger partial charge in [0, 0.05) is 44.9 Å². The lowest BCUT2D eigenvalue weighted by Crippen LogP contribution is -2.50. The molecule has 0 aliphatic carbocycles. The second kappa shape index (κ2) is 9.90. The molecule has 1 unspecified atom stereocenters. The highest BCUT2D eigenvalue weighted by Crippen LogP contribution is 2.20. The Balaban J connectivity index is 1.33. The number of hydrogen-bond donors (Lipinski definition) is 2. The van der Waals surface area contributed by atoms with Crippen molar-refractivity contribution in [1.82, 2.24) is 14.5 Å². The Hall–Kier alpha value is -2.95. The topological polar surface area (TPSA) is 116 Å². The van der Waals surface area contributed by atoms with Crippen LogP contribution in [0.5, 0.6) is 5.75 Å². The second-order valence-corrected chi connectivity index (χ2v) is 9.88. The van der Waals surface area contributed by atoms with Gasteiger partial charge in [-0.25, -0.2) is 13.1 Å². The summed E-state index contributed by atoms with van der Waals surface area (Å²) in [4.78, 5) is 28.8. The molecule has 2 aromatic carbocycles. The highest BCUT2D eigenvalue weighted by molar-refractivity contribution is 7.89. The summed E-state index contributed by atoms with van der Waals surface area (Å²) in [6, 6.07) is 12.2. The summed E-state index contributed by atoms with van der Waals surface area (Å²) in [5.41, 5.74) is 0.621. The predicted octanol–water partition coefficient (Wildman–Crippen LogP) is 1.45. The number of para-hydroxylation sites is 1. The summed E-state index contributed by atoms with van der Waals surface area (Å²) >= 11 is 0. The number of benzene rings is 2. The number of phenols is 1. The van der Waals surface area contributed by atoms with Crippen molar-refractivity contribution >= 4 is 21.8 Å². The van der Waals surface area contributed by atoms with Gasteiger partial charge in [0.1, 0.15) is 5.75 Å². The van der Waals surface area contributed by atoms with E-state index in [1.165, 1.54) is 30.3 Å². The van der Waals surface area contributed by atoms with Crippen LogP contribution in [0.15, 0.2) is 53.4 Å². The Morgan fingerprint density at radius 1 is 0.970 bits per heavy atom. The van der Waals surface area contributed by atoms with E-state index < -0.39 is 10.0 Å². The molecule has 4 rings (SSSR count). The van der Waals surface area contributed by atoms with Gasteiger partial charge in [-0.1, -0.05) is 12.1 Å². The number of rotatable bonds is 6. The van der Waals surface area contributed by atoms with E-state index >= 15 is 0 Å². The third-order valence-electron chi connectivity index (χ3n) is 5.93. The lowest BCUT2D eigenvalue weighted by molar-refractivity contribution is 0.0533. The molecule has 2 N–H and O–H groups in total. The van der Waals surface area contributed by atoms with Crippen molar-refractivity contribution in [3.8, 4) is 5.75 Å². The van der Waals surface area contributed by atoms with Gasteiger partial charge in [0.25, 0.3) is 11.8 Å². The van der Waals surface area contributed by atoms with Gasteiger partial charge in [-0.15, -0.1) is 0 Å². The first kappa shape index (κ1) is 23.2. The van der Waals surface area contributed by atoms with Crippen molar-refractivity contribution in [2.75, 3.05) is 39.3 Å². The van der Waals surface area contributed by atoms with Crippen LogP contribution in [0.1, 0.15) is 33.6 Å². The smallest absolute Gasteiger partial charge is 0.257 e. The molecular weight excluding hydrogens is 446 g/mol. The molecule has 2 aliphatic rings. The summed E-state index contributed by atoms with van der Waals surface area (Å²) in [6.07, 6.45) is 1.67. The van der Waals surface area contributed by atoms with Gasteiger partial charge in [0.15, 0.2) is 0 Å². The number of phenolic OH excluding ortho intramolecular Hbond substituents is 1. The Bertz CT molecular complexity index is 1110. The molecule has 0 radical (unpaired) electrons. The van der Waals surface area contributed by atoms with Gasteiger partial charge in [0.2, 0.25) is 10.0 Å². The average Bonchev–Trinajstić information content (AvgIpc) is 3.36. The molecule has 33 heavy (non-hydrogen) atoms. The van der Waals surface area contributed by atoms with E-state index in [0.717, 1.165) is 12.8 Å². The first-order valence-electron chi connectivity index (χ1n) is 10.9. The first-order valence-corrected chi connectivity index (χ1v) is 12.4. The molecular formula is C23H27N3O6S. The number of nitrogens with zero attached hydrogens (tertiary/aromatic N) is 2. The van der Waals surface area contributed by atoms with E-state index in [1.54, 1.807) is 28.0 Å². The zero-order valence-corrected chi connectivity index (χ0v) is 19.0. The summed E-state index contributed by atoms with van der Waals surface area (Å²) in [5.74, 6) is -0.563. The fourth-order valence-corrected chi connectivity index (χ4v) is 5.05. The molecule has 2 fully saturated rings. The maximum absolute atomic E-state index is 12.9. The summed E-state index contributed by atoms with van der Waals surface area (Å²) in [6.45, 7) is 2.27.